The van der Waals surface area contributed by atoms with Crippen LogP contribution < -0.4 is 0 Å². The fourth-order valence-electron chi connectivity index (χ4n) is 3.24. The molecular formula is C19H23N3O5S. The molecule has 0 aliphatic carbocycles. The van der Waals surface area contributed by atoms with Crippen LogP contribution in [-0.2, 0) is 19.4 Å². The van der Waals surface area contributed by atoms with Gasteiger partial charge in [-0.05, 0) is 18.9 Å². The van der Waals surface area contributed by atoms with Gasteiger partial charge in [0.1, 0.15) is 5.69 Å². The van der Waals surface area contributed by atoms with E-state index in [0.29, 0.717) is 25.1 Å². The fraction of sp³-hybridized carbons (Fsp3) is 0.421. The Balaban J connectivity index is 1.60. The van der Waals surface area contributed by atoms with Crippen LogP contribution in [0.25, 0.3) is 11.3 Å². The maximum atomic E-state index is 12.5. The summed E-state index contributed by atoms with van der Waals surface area (Å²) < 4.78 is 28.5. The van der Waals surface area contributed by atoms with Crippen LogP contribution in [0.4, 0.5) is 0 Å². The van der Waals surface area contributed by atoms with Gasteiger partial charge < -0.3 is 9.64 Å². The van der Waals surface area contributed by atoms with E-state index in [1.54, 1.807) is 6.07 Å². The van der Waals surface area contributed by atoms with E-state index in [4.69, 9.17) is 4.74 Å². The van der Waals surface area contributed by atoms with Crippen LogP contribution >= 0.6 is 0 Å². The van der Waals surface area contributed by atoms with Crippen molar-refractivity contribution in [1.82, 2.24) is 15.1 Å². The van der Waals surface area contributed by atoms with Crippen molar-refractivity contribution in [2.24, 2.45) is 0 Å². The zero-order chi connectivity index (χ0) is 20.1. The number of ether oxygens (including phenoxy) is 1. The minimum atomic E-state index is -3.11. The first-order chi connectivity index (χ1) is 13.4. The van der Waals surface area contributed by atoms with Gasteiger partial charge in [-0.25, -0.2) is 13.2 Å². The molecule has 9 heteroatoms. The van der Waals surface area contributed by atoms with Crippen molar-refractivity contribution in [2.75, 3.05) is 24.7 Å². The number of H-pyrrole nitrogens is 1. The first kappa shape index (κ1) is 20.1. The summed E-state index contributed by atoms with van der Waals surface area (Å²) in [4.78, 5) is 26.3. The maximum Gasteiger partial charge on any atom is 0.356 e. The Morgan fingerprint density at radius 2 is 2.04 bits per heavy atom. The number of amides is 1. The molecule has 0 bridgehead atoms. The molecule has 1 atom stereocenters. The Labute approximate surface area is 163 Å². The van der Waals surface area contributed by atoms with E-state index in [9.17, 15) is 18.0 Å². The lowest BCUT2D eigenvalue weighted by molar-refractivity contribution is -0.136. The Morgan fingerprint density at radius 3 is 2.68 bits per heavy atom. The molecule has 150 valence electrons. The average molecular weight is 405 g/mol. The standard InChI is InChI=1S/C19H23N3O5S/c1-2-9-22(15-8-10-28(25,26)13-15)18(23)12-27-19(24)17-11-16(20-21-17)14-6-4-3-5-7-14/h3-7,11,15H,2,8-10,12-13H2,1H3,(H,20,21)/t15-/m0/s1. The molecule has 0 saturated carbocycles. The van der Waals surface area contributed by atoms with Gasteiger partial charge in [-0.1, -0.05) is 37.3 Å². The topological polar surface area (TPSA) is 109 Å². The summed E-state index contributed by atoms with van der Waals surface area (Å²) in [5, 5.41) is 6.71. The summed E-state index contributed by atoms with van der Waals surface area (Å²) in [6, 6.07) is 10.6. The average Bonchev–Trinajstić information content (AvgIpc) is 3.31. The number of hydrogen-bond acceptors (Lipinski definition) is 6. The zero-order valence-electron chi connectivity index (χ0n) is 15.6. The lowest BCUT2D eigenvalue weighted by atomic mass is 10.1. The number of aromatic nitrogens is 2. The van der Waals surface area contributed by atoms with Crippen molar-refractivity contribution in [1.29, 1.82) is 0 Å². The molecule has 1 N–H and O–H groups in total. The van der Waals surface area contributed by atoms with Crippen LogP contribution in [0.5, 0.6) is 0 Å². The highest BCUT2D eigenvalue weighted by Crippen LogP contribution is 2.19. The van der Waals surface area contributed by atoms with Gasteiger partial charge in [0, 0.05) is 18.2 Å². The van der Waals surface area contributed by atoms with E-state index >= 15 is 0 Å². The summed E-state index contributed by atoms with van der Waals surface area (Å²) in [7, 11) is -3.11. The quantitative estimate of drug-likeness (QED) is 0.702. The van der Waals surface area contributed by atoms with Crippen molar-refractivity contribution in [3.05, 3.63) is 42.1 Å². The molecule has 2 heterocycles. The van der Waals surface area contributed by atoms with Crippen molar-refractivity contribution in [2.45, 2.75) is 25.8 Å². The Bertz CT molecular complexity index is 939. The van der Waals surface area contributed by atoms with Crippen LogP contribution in [0.2, 0.25) is 0 Å². The van der Waals surface area contributed by atoms with E-state index in [1.807, 2.05) is 37.3 Å². The van der Waals surface area contributed by atoms with E-state index in [2.05, 4.69) is 10.2 Å². The van der Waals surface area contributed by atoms with Gasteiger partial charge in [0.15, 0.2) is 16.4 Å². The highest BCUT2D eigenvalue weighted by atomic mass is 32.2. The van der Waals surface area contributed by atoms with Crippen molar-refractivity contribution in [3.8, 4) is 11.3 Å². The molecule has 8 nitrogen and oxygen atoms in total. The summed E-state index contributed by atoms with van der Waals surface area (Å²) >= 11 is 0. The minimum absolute atomic E-state index is 0.0341. The third kappa shape index (κ3) is 4.78. The molecule has 0 radical (unpaired) electrons. The van der Waals surface area contributed by atoms with E-state index < -0.39 is 22.4 Å². The maximum absolute atomic E-state index is 12.5. The van der Waals surface area contributed by atoms with Crippen LogP contribution in [0, 0.1) is 0 Å². The molecule has 1 fully saturated rings. The molecule has 1 aliphatic heterocycles. The van der Waals surface area contributed by atoms with Crippen molar-refractivity contribution in [3.63, 3.8) is 0 Å². The number of carbonyl (C=O) groups excluding carboxylic acids is 2. The van der Waals surface area contributed by atoms with E-state index in [0.717, 1.165) is 5.56 Å². The molecule has 28 heavy (non-hydrogen) atoms. The smallest absolute Gasteiger partial charge is 0.356 e. The monoisotopic (exact) mass is 405 g/mol. The van der Waals surface area contributed by atoms with Gasteiger partial charge in [0.2, 0.25) is 0 Å². The first-order valence-corrected chi connectivity index (χ1v) is 11.0. The number of benzene rings is 1. The second kappa shape index (κ2) is 8.55. The van der Waals surface area contributed by atoms with E-state index in [1.165, 1.54) is 4.90 Å². The molecular weight excluding hydrogens is 382 g/mol. The van der Waals surface area contributed by atoms with Gasteiger partial charge >= 0.3 is 5.97 Å². The van der Waals surface area contributed by atoms with Crippen molar-refractivity contribution < 1.29 is 22.7 Å². The third-order valence-corrected chi connectivity index (χ3v) is 6.38. The van der Waals surface area contributed by atoms with Gasteiger partial charge in [0.25, 0.3) is 5.91 Å². The zero-order valence-corrected chi connectivity index (χ0v) is 16.4. The van der Waals surface area contributed by atoms with Crippen LogP contribution in [0.1, 0.15) is 30.3 Å². The van der Waals surface area contributed by atoms with Gasteiger partial charge in [-0.15, -0.1) is 0 Å². The van der Waals surface area contributed by atoms with Gasteiger partial charge in [-0.3, -0.25) is 9.89 Å². The summed E-state index contributed by atoms with van der Waals surface area (Å²) in [5.74, 6) is -1.02. The molecule has 1 amide bonds. The van der Waals surface area contributed by atoms with Gasteiger partial charge in [0.05, 0.1) is 17.2 Å². The molecule has 3 rings (SSSR count). The summed E-state index contributed by atoms with van der Waals surface area (Å²) in [5.41, 5.74) is 1.60. The summed E-state index contributed by atoms with van der Waals surface area (Å²) in [6.45, 7) is 1.90. The number of rotatable bonds is 7. The minimum Gasteiger partial charge on any atom is -0.451 e. The third-order valence-electron chi connectivity index (χ3n) is 4.63. The van der Waals surface area contributed by atoms with Crippen LogP contribution in [0.3, 0.4) is 0 Å². The van der Waals surface area contributed by atoms with E-state index in [-0.39, 0.29) is 29.1 Å². The lowest BCUT2D eigenvalue weighted by Gasteiger charge is -2.27. The second-order valence-electron chi connectivity index (χ2n) is 6.75. The predicted octanol–water partition coefficient (Wildman–Crippen LogP) is 1.66. The summed E-state index contributed by atoms with van der Waals surface area (Å²) in [6.07, 6.45) is 1.11. The molecule has 1 saturated heterocycles. The number of esters is 1. The van der Waals surface area contributed by atoms with Crippen LogP contribution in [-0.4, -0.2) is 66.1 Å². The number of aromatic amines is 1. The number of hydrogen-bond donors (Lipinski definition) is 1. The highest BCUT2D eigenvalue weighted by molar-refractivity contribution is 7.91. The predicted molar refractivity (Wildman–Crippen MR) is 103 cm³/mol. The SMILES string of the molecule is CCCN(C(=O)COC(=O)c1cc(-c2ccccc2)n[nH]1)[C@H]1CCS(=O)(=O)C1. The Kier molecular flexibility index (Phi) is 6.13. The largest absolute Gasteiger partial charge is 0.451 e. The molecule has 1 aromatic carbocycles. The normalized spacial score (nSPS) is 18.0. The number of nitrogens with zero attached hydrogens (tertiary/aromatic N) is 2. The molecule has 1 aromatic heterocycles. The second-order valence-corrected chi connectivity index (χ2v) is 8.98. The Hall–Kier alpha value is -2.68. The first-order valence-electron chi connectivity index (χ1n) is 9.17. The number of nitrogens with one attached hydrogen (secondary N) is 1. The number of carbonyl (C=O) groups is 2. The molecule has 1 aliphatic rings. The molecule has 2 aromatic rings. The molecule has 0 unspecified atom stereocenters. The fourth-order valence-corrected chi connectivity index (χ4v) is 4.97. The van der Waals surface area contributed by atoms with Crippen LogP contribution in [0.15, 0.2) is 36.4 Å². The lowest BCUT2D eigenvalue weighted by Crippen LogP contribution is -2.43. The van der Waals surface area contributed by atoms with Crippen molar-refractivity contribution >= 4 is 21.7 Å². The molecule has 0 spiro atoms. The Morgan fingerprint density at radius 1 is 1.29 bits per heavy atom. The highest BCUT2D eigenvalue weighted by Gasteiger charge is 2.34. The van der Waals surface area contributed by atoms with Gasteiger partial charge in [-0.2, -0.15) is 5.10 Å². The number of sulfone groups is 1.